The van der Waals surface area contributed by atoms with Crippen molar-refractivity contribution in [3.05, 3.63) is 60.7 Å². The molecule has 0 fully saturated rings. The van der Waals surface area contributed by atoms with Crippen molar-refractivity contribution in [2.24, 2.45) is 0 Å². The number of hydrogen-bond donors (Lipinski definition) is 0. The van der Waals surface area contributed by atoms with Crippen LogP contribution in [0.4, 0.5) is 0 Å². The van der Waals surface area contributed by atoms with Gasteiger partial charge >= 0.3 is 0 Å². The minimum Gasteiger partial charge on any atom is -0.155 e. The molecule has 0 spiro atoms. The first-order valence-electron chi connectivity index (χ1n) is 5.06. The van der Waals surface area contributed by atoms with Crippen LogP contribution in [-0.4, -0.2) is 0 Å². The van der Waals surface area contributed by atoms with Crippen molar-refractivity contribution in [1.82, 2.24) is 0 Å². The summed E-state index contributed by atoms with van der Waals surface area (Å²) in [5, 5.41) is 0. The van der Waals surface area contributed by atoms with E-state index in [-0.39, 0.29) is 0 Å². The molecule has 3 aromatic rings. The van der Waals surface area contributed by atoms with Gasteiger partial charge in [-0.15, -0.1) is 0 Å². The van der Waals surface area contributed by atoms with Crippen molar-refractivity contribution in [3.8, 4) is 0 Å². The number of aryl methyl sites for hydroxylation is 1. The molecule has 0 amide bonds. The summed E-state index contributed by atoms with van der Waals surface area (Å²) in [6.07, 6.45) is 6.31. The molecule has 0 unspecified atom stereocenters. The van der Waals surface area contributed by atoms with Gasteiger partial charge in [-0.25, -0.2) is 0 Å². The average molecular weight is 196 g/mol. The number of hydrogen-bond acceptors (Lipinski definition) is 0. The van der Waals surface area contributed by atoms with E-state index in [1.807, 2.05) is 6.07 Å². The van der Waals surface area contributed by atoms with Gasteiger partial charge in [0.1, 0.15) is 0 Å². The SMILES string of the molecule is Cc1c[n+]2ccccc2c2cccc[n+]12. The summed E-state index contributed by atoms with van der Waals surface area (Å²) in [5.41, 5.74) is 3.69. The van der Waals surface area contributed by atoms with Gasteiger partial charge in [0.05, 0.1) is 0 Å². The Morgan fingerprint density at radius 1 is 0.867 bits per heavy atom. The third-order valence-electron chi connectivity index (χ3n) is 2.72. The highest BCUT2D eigenvalue weighted by molar-refractivity contribution is 5.65. The molecule has 0 saturated carbocycles. The van der Waals surface area contributed by atoms with Crippen LogP contribution in [0.15, 0.2) is 55.0 Å². The van der Waals surface area contributed by atoms with Crippen LogP contribution < -0.4 is 8.80 Å². The minimum atomic E-state index is 1.23. The minimum absolute atomic E-state index is 1.23. The van der Waals surface area contributed by atoms with Gasteiger partial charge < -0.3 is 0 Å². The van der Waals surface area contributed by atoms with Crippen LogP contribution in [-0.2, 0) is 0 Å². The monoisotopic (exact) mass is 196 g/mol. The second-order valence-corrected chi connectivity index (χ2v) is 3.72. The summed E-state index contributed by atoms with van der Waals surface area (Å²) < 4.78 is 4.36. The van der Waals surface area contributed by atoms with Crippen molar-refractivity contribution in [1.29, 1.82) is 0 Å². The number of pyridine rings is 2. The molecule has 0 N–H and O–H groups in total. The van der Waals surface area contributed by atoms with Crippen molar-refractivity contribution in [2.75, 3.05) is 0 Å². The lowest BCUT2D eigenvalue weighted by atomic mass is 10.3. The molecule has 0 aliphatic carbocycles. The van der Waals surface area contributed by atoms with Gasteiger partial charge in [-0.3, -0.25) is 0 Å². The summed E-state index contributed by atoms with van der Waals surface area (Å²) in [6.45, 7) is 2.12. The Hall–Kier alpha value is -1.96. The maximum atomic E-state index is 2.20. The van der Waals surface area contributed by atoms with Crippen LogP contribution in [0.2, 0.25) is 0 Å². The van der Waals surface area contributed by atoms with E-state index < -0.39 is 0 Å². The molecule has 0 bridgehead atoms. The van der Waals surface area contributed by atoms with Gasteiger partial charge in [-0.2, -0.15) is 8.80 Å². The molecule has 0 atom stereocenters. The predicted octanol–water partition coefficient (Wildman–Crippen LogP) is 1.47. The van der Waals surface area contributed by atoms with Crippen LogP contribution >= 0.6 is 0 Å². The lowest BCUT2D eigenvalue weighted by Crippen LogP contribution is -2.34. The molecule has 0 aromatic carbocycles. The van der Waals surface area contributed by atoms with Gasteiger partial charge in [0.2, 0.25) is 11.9 Å². The molecular weight excluding hydrogens is 184 g/mol. The first kappa shape index (κ1) is 8.36. The zero-order valence-corrected chi connectivity index (χ0v) is 8.59. The van der Waals surface area contributed by atoms with Gasteiger partial charge in [0.25, 0.3) is 11.0 Å². The Morgan fingerprint density at radius 3 is 2.47 bits per heavy atom. The first-order chi connectivity index (χ1) is 7.36. The van der Waals surface area contributed by atoms with E-state index in [0.717, 1.165) is 0 Å². The second kappa shape index (κ2) is 3.02. The Balaban J connectivity index is 2.64. The molecule has 72 valence electrons. The van der Waals surface area contributed by atoms with Gasteiger partial charge in [-0.05, 0) is 12.1 Å². The molecule has 3 aromatic heterocycles. The van der Waals surface area contributed by atoms with Crippen molar-refractivity contribution < 1.29 is 8.80 Å². The zero-order valence-electron chi connectivity index (χ0n) is 8.59. The van der Waals surface area contributed by atoms with Crippen LogP contribution in [0.25, 0.3) is 11.0 Å². The summed E-state index contributed by atoms with van der Waals surface area (Å²) in [5.74, 6) is 0. The highest BCUT2D eigenvalue weighted by Crippen LogP contribution is 2.03. The Bertz CT molecular complexity index is 644. The average Bonchev–Trinajstić information content (AvgIpc) is 2.30. The lowest BCUT2D eigenvalue weighted by Gasteiger charge is -1.94. The lowest BCUT2D eigenvalue weighted by molar-refractivity contribution is -0.570. The molecular formula is C13H12N2+2. The Labute approximate surface area is 88.1 Å². The van der Waals surface area contributed by atoms with Crippen LogP contribution in [0.5, 0.6) is 0 Å². The molecule has 3 rings (SSSR count). The van der Waals surface area contributed by atoms with Crippen LogP contribution in [0.1, 0.15) is 5.69 Å². The number of aromatic nitrogens is 2. The zero-order chi connectivity index (χ0) is 10.3. The standard InChI is InChI=1S/C13H12N2/c1-11-10-14-8-4-2-6-12(14)13-7-3-5-9-15(11)13/h2-10H,1H3/q+2. The summed E-state index contributed by atoms with van der Waals surface area (Å²) in [4.78, 5) is 0. The number of fused-ring (bicyclic) bond motifs is 3. The molecule has 0 radical (unpaired) electrons. The largest absolute Gasteiger partial charge is 0.283 e. The number of nitrogens with zero attached hydrogens (tertiary/aromatic N) is 2. The van der Waals surface area contributed by atoms with E-state index in [1.54, 1.807) is 0 Å². The van der Waals surface area contributed by atoms with E-state index in [9.17, 15) is 0 Å². The van der Waals surface area contributed by atoms with Crippen molar-refractivity contribution in [2.45, 2.75) is 6.92 Å². The van der Waals surface area contributed by atoms with Gasteiger partial charge in [0, 0.05) is 31.2 Å². The summed E-state index contributed by atoms with van der Waals surface area (Å²) >= 11 is 0. The highest BCUT2D eigenvalue weighted by Gasteiger charge is 2.16. The molecule has 0 aliphatic rings. The quantitative estimate of drug-likeness (QED) is 0.380. The fraction of sp³-hybridized carbons (Fsp3) is 0.0769. The van der Waals surface area contributed by atoms with Crippen molar-refractivity contribution in [3.63, 3.8) is 0 Å². The maximum absolute atomic E-state index is 2.20. The van der Waals surface area contributed by atoms with Crippen LogP contribution in [0.3, 0.4) is 0 Å². The van der Waals surface area contributed by atoms with Crippen molar-refractivity contribution >= 4 is 11.0 Å². The highest BCUT2D eigenvalue weighted by atomic mass is 15.0. The normalized spacial score (nSPS) is 11.0. The first-order valence-corrected chi connectivity index (χ1v) is 5.06. The molecule has 2 heteroatoms. The molecule has 2 nitrogen and oxygen atoms in total. The van der Waals surface area contributed by atoms with E-state index >= 15 is 0 Å². The topological polar surface area (TPSA) is 8.20 Å². The van der Waals surface area contributed by atoms with E-state index in [4.69, 9.17) is 0 Å². The smallest absolute Gasteiger partial charge is 0.155 e. The fourth-order valence-corrected chi connectivity index (χ4v) is 2.01. The van der Waals surface area contributed by atoms with E-state index in [1.165, 1.54) is 16.7 Å². The van der Waals surface area contributed by atoms with E-state index in [2.05, 4.69) is 64.6 Å². The molecule has 0 aliphatic heterocycles. The molecule has 0 saturated heterocycles. The maximum Gasteiger partial charge on any atom is 0.283 e. The molecule has 3 heterocycles. The fourth-order valence-electron chi connectivity index (χ4n) is 2.01. The third-order valence-corrected chi connectivity index (χ3v) is 2.72. The number of rotatable bonds is 0. The summed E-state index contributed by atoms with van der Waals surface area (Å²) in [7, 11) is 0. The van der Waals surface area contributed by atoms with Gasteiger partial charge in [-0.1, -0.05) is 0 Å². The third kappa shape index (κ3) is 1.18. The summed E-state index contributed by atoms with van der Waals surface area (Å²) in [6, 6.07) is 12.5. The Morgan fingerprint density at radius 2 is 1.60 bits per heavy atom. The van der Waals surface area contributed by atoms with Gasteiger partial charge in [0.15, 0.2) is 12.4 Å². The van der Waals surface area contributed by atoms with Crippen LogP contribution in [0, 0.1) is 6.92 Å². The second-order valence-electron chi connectivity index (χ2n) is 3.72. The van der Waals surface area contributed by atoms with E-state index in [0.29, 0.717) is 0 Å². The predicted molar refractivity (Wildman–Crippen MR) is 57.5 cm³/mol. The molecule has 15 heavy (non-hydrogen) atoms. The Kier molecular flexibility index (Phi) is 1.68.